The third-order valence-electron chi connectivity index (χ3n) is 4.94. The summed E-state index contributed by atoms with van der Waals surface area (Å²) in [6.45, 7) is 4.01. The van der Waals surface area contributed by atoms with Gasteiger partial charge in [0, 0.05) is 10.4 Å². The predicted molar refractivity (Wildman–Crippen MR) is 140 cm³/mol. The molecule has 0 fully saturated rings. The minimum Gasteiger partial charge on any atom is -0.464 e. The Morgan fingerprint density at radius 3 is 2.37 bits per heavy atom. The molecule has 0 aliphatic carbocycles. The fourth-order valence-electron chi connectivity index (χ4n) is 3.27. The van der Waals surface area contributed by atoms with Gasteiger partial charge in [-0.15, -0.1) is 21.5 Å². The summed E-state index contributed by atoms with van der Waals surface area (Å²) in [5, 5.41) is 15.3. The van der Waals surface area contributed by atoms with E-state index in [1.807, 2.05) is 74.5 Å². The van der Waals surface area contributed by atoms with E-state index < -0.39 is 5.97 Å². The summed E-state index contributed by atoms with van der Waals surface area (Å²) in [4.78, 5) is 21.7. The van der Waals surface area contributed by atoms with Gasteiger partial charge in [-0.05, 0) is 30.2 Å². The number of aliphatic imine (C=N–C) groups is 1. The molecule has 10 heteroatoms. The summed E-state index contributed by atoms with van der Waals surface area (Å²) in [6, 6.07) is 20.9. The predicted octanol–water partition coefficient (Wildman–Crippen LogP) is 5.31. The number of aromatic nitrogens is 3. The van der Waals surface area contributed by atoms with Gasteiger partial charge in [-0.3, -0.25) is 0 Å². The summed E-state index contributed by atoms with van der Waals surface area (Å²) in [6.07, 6.45) is 0. The first-order valence-corrected chi connectivity index (χ1v) is 11.7. The average molecular weight is 488 g/mol. The molecule has 0 aliphatic heterocycles. The van der Waals surface area contributed by atoms with E-state index in [4.69, 9.17) is 10.5 Å². The summed E-state index contributed by atoms with van der Waals surface area (Å²) in [5.41, 5.74) is 9.59. The molecule has 0 atom stereocenters. The van der Waals surface area contributed by atoms with Crippen LogP contribution in [0.4, 0.5) is 22.3 Å². The van der Waals surface area contributed by atoms with Crippen molar-refractivity contribution >= 4 is 45.6 Å². The van der Waals surface area contributed by atoms with Crippen LogP contribution in [0.5, 0.6) is 0 Å². The second-order valence-corrected chi connectivity index (χ2v) is 8.84. The van der Waals surface area contributed by atoms with Gasteiger partial charge >= 0.3 is 5.97 Å². The Bertz CT molecular complexity index is 1340. The minimum atomic E-state index is -0.458. The minimum absolute atomic E-state index is 0.127. The van der Waals surface area contributed by atoms with Crippen LogP contribution in [0, 0.1) is 0 Å². The van der Waals surface area contributed by atoms with Crippen molar-refractivity contribution in [2.75, 3.05) is 17.7 Å². The molecule has 0 radical (unpaired) electrons. The van der Waals surface area contributed by atoms with E-state index in [0.717, 1.165) is 21.8 Å². The molecule has 4 N–H and O–H groups in total. The molecule has 0 bridgehead atoms. The zero-order valence-electron chi connectivity index (χ0n) is 19.5. The maximum atomic E-state index is 12.1. The summed E-state index contributed by atoms with van der Waals surface area (Å²) < 4.78 is 4.88. The van der Waals surface area contributed by atoms with Gasteiger partial charge in [0.15, 0.2) is 22.6 Å². The number of nitrogens with zero attached hydrogens (tertiary/aromatic N) is 4. The number of esters is 1. The normalized spacial score (nSPS) is 11.4. The smallest absolute Gasteiger partial charge is 0.357 e. The standard InChI is InChI=1S/C25H25N7O2S/c1-15(2)22-21(23(33)34-3)30-25(35-22)28-19-12-8-7-11-18(19)27-24(26)29-20-14-13-17(31-32-20)16-9-5-4-6-10-16/h4-15H,1-3H3,(H,28,30)(H3,26,27,29,32). The van der Waals surface area contributed by atoms with Gasteiger partial charge in [-0.1, -0.05) is 56.3 Å². The highest BCUT2D eigenvalue weighted by Gasteiger charge is 2.21. The van der Waals surface area contributed by atoms with Crippen LogP contribution in [-0.2, 0) is 4.74 Å². The number of para-hydroxylation sites is 2. The molecule has 0 saturated heterocycles. The van der Waals surface area contributed by atoms with E-state index in [9.17, 15) is 4.79 Å². The largest absolute Gasteiger partial charge is 0.464 e. The van der Waals surface area contributed by atoms with Crippen molar-refractivity contribution < 1.29 is 9.53 Å². The monoisotopic (exact) mass is 487 g/mol. The maximum absolute atomic E-state index is 12.1. The Morgan fingerprint density at radius 1 is 1.00 bits per heavy atom. The summed E-state index contributed by atoms with van der Waals surface area (Å²) >= 11 is 1.41. The number of nitrogens with one attached hydrogen (secondary N) is 2. The first kappa shape index (κ1) is 23.8. The van der Waals surface area contributed by atoms with E-state index in [0.29, 0.717) is 22.3 Å². The highest BCUT2D eigenvalue weighted by Crippen LogP contribution is 2.33. The summed E-state index contributed by atoms with van der Waals surface area (Å²) in [5.74, 6) is 0.200. The topological polar surface area (TPSA) is 127 Å². The van der Waals surface area contributed by atoms with Gasteiger partial charge in [0.2, 0.25) is 0 Å². The zero-order valence-corrected chi connectivity index (χ0v) is 20.3. The number of thiazole rings is 1. The van der Waals surface area contributed by atoms with Gasteiger partial charge in [0.1, 0.15) is 0 Å². The van der Waals surface area contributed by atoms with Gasteiger partial charge < -0.3 is 21.1 Å². The molecule has 0 unspecified atom stereocenters. The average Bonchev–Trinajstić information content (AvgIpc) is 3.30. The van der Waals surface area contributed by atoms with Crippen LogP contribution in [0.1, 0.15) is 35.1 Å². The molecule has 4 rings (SSSR count). The first-order valence-electron chi connectivity index (χ1n) is 10.9. The van der Waals surface area contributed by atoms with Crippen molar-refractivity contribution in [1.82, 2.24) is 15.2 Å². The number of carbonyl (C=O) groups is 1. The van der Waals surface area contributed by atoms with Crippen molar-refractivity contribution in [2.45, 2.75) is 19.8 Å². The Labute approximate surface area is 207 Å². The highest BCUT2D eigenvalue weighted by atomic mass is 32.1. The van der Waals surface area contributed by atoms with Gasteiger partial charge in [-0.25, -0.2) is 9.78 Å². The summed E-state index contributed by atoms with van der Waals surface area (Å²) in [7, 11) is 1.35. The van der Waals surface area contributed by atoms with Crippen molar-refractivity contribution in [3.05, 3.63) is 77.3 Å². The number of hydrogen-bond donors (Lipinski definition) is 3. The van der Waals surface area contributed by atoms with Gasteiger partial charge in [-0.2, -0.15) is 4.99 Å². The number of rotatable bonds is 7. The van der Waals surface area contributed by atoms with Crippen molar-refractivity contribution in [3.8, 4) is 11.3 Å². The quantitative estimate of drug-likeness (QED) is 0.182. The SMILES string of the molecule is COC(=O)c1nc(Nc2ccccc2NC(N)=Nc2ccc(-c3ccccc3)nn2)sc1C(C)C. The molecule has 0 aliphatic rings. The Balaban J connectivity index is 1.52. The molecule has 2 aromatic heterocycles. The van der Waals surface area contributed by atoms with Crippen molar-refractivity contribution in [3.63, 3.8) is 0 Å². The lowest BCUT2D eigenvalue weighted by Gasteiger charge is -2.11. The van der Waals surface area contributed by atoms with Gasteiger partial charge in [0.05, 0.1) is 24.2 Å². The second-order valence-electron chi connectivity index (χ2n) is 7.81. The van der Waals surface area contributed by atoms with Crippen LogP contribution < -0.4 is 16.4 Å². The molecular formula is C25H25N7O2S. The fraction of sp³-hybridized carbons (Fsp3) is 0.160. The number of guanidine groups is 1. The van der Waals surface area contributed by atoms with Crippen molar-refractivity contribution in [2.24, 2.45) is 10.7 Å². The second kappa shape index (κ2) is 10.7. The molecule has 2 aromatic carbocycles. The molecule has 35 heavy (non-hydrogen) atoms. The Morgan fingerprint density at radius 2 is 1.71 bits per heavy atom. The van der Waals surface area contributed by atoms with Crippen LogP contribution in [-0.4, -0.2) is 34.2 Å². The number of ether oxygens (including phenoxy) is 1. The molecule has 178 valence electrons. The lowest BCUT2D eigenvalue weighted by Crippen LogP contribution is -2.22. The van der Waals surface area contributed by atoms with E-state index in [1.165, 1.54) is 18.4 Å². The lowest BCUT2D eigenvalue weighted by molar-refractivity contribution is 0.0593. The molecule has 0 spiro atoms. The van der Waals surface area contributed by atoms with Crippen LogP contribution in [0.15, 0.2) is 71.7 Å². The van der Waals surface area contributed by atoms with Crippen LogP contribution in [0.25, 0.3) is 11.3 Å². The lowest BCUT2D eigenvalue weighted by atomic mass is 10.1. The number of methoxy groups -OCH3 is 1. The van der Waals surface area contributed by atoms with E-state index in [2.05, 4.69) is 30.8 Å². The van der Waals surface area contributed by atoms with Gasteiger partial charge in [0.25, 0.3) is 0 Å². The molecule has 0 saturated carbocycles. The molecular weight excluding hydrogens is 462 g/mol. The fourth-order valence-corrected chi connectivity index (χ4v) is 4.24. The van der Waals surface area contributed by atoms with Crippen molar-refractivity contribution in [1.29, 1.82) is 0 Å². The number of hydrogen-bond acceptors (Lipinski definition) is 8. The maximum Gasteiger partial charge on any atom is 0.357 e. The van der Waals surface area contributed by atoms with Crippen LogP contribution >= 0.6 is 11.3 Å². The number of anilines is 3. The molecule has 0 amide bonds. The zero-order chi connectivity index (χ0) is 24.8. The van der Waals surface area contributed by atoms with E-state index >= 15 is 0 Å². The van der Waals surface area contributed by atoms with Crippen LogP contribution in [0.2, 0.25) is 0 Å². The third kappa shape index (κ3) is 5.79. The number of benzene rings is 2. The highest BCUT2D eigenvalue weighted by molar-refractivity contribution is 7.16. The number of nitrogens with two attached hydrogens (primary N) is 1. The number of carbonyl (C=O) groups excluding carboxylic acids is 1. The molecule has 4 aromatic rings. The molecule has 9 nitrogen and oxygen atoms in total. The third-order valence-corrected chi connectivity index (χ3v) is 6.21. The van der Waals surface area contributed by atoms with E-state index in [-0.39, 0.29) is 11.9 Å². The van der Waals surface area contributed by atoms with E-state index in [1.54, 1.807) is 6.07 Å². The molecule has 2 heterocycles. The Hall–Kier alpha value is -4.31. The van der Waals surface area contributed by atoms with Crippen LogP contribution in [0.3, 0.4) is 0 Å². The first-order chi connectivity index (χ1) is 16.9. The Kier molecular flexibility index (Phi) is 7.32.